The Morgan fingerprint density at radius 3 is 2.11 bits per heavy atom. The maximum absolute atomic E-state index is 14.5. The molecule has 1 aromatic carbocycles. The Morgan fingerprint density at radius 1 is 0.833 bits per heavy atom. The van der Waals surface area contributed by atoms with Crippen molar-refractivity contribution in [3.8, 4) is 5.75 Å². The Hall–Kier alpha value is -2.59. The van der Waals surface area contributed by atoms with E-state index in [1.54, 1.807) is 6.08 Å². The zero-order valence-corrected chi connectivity index (χ0v) is 21.9. The van der Waals surface area contributed by atoms with E-state index in [1.165, 1.54) is 75.3 Å². The van der Waals surface area contributed by atoms with Crippen LogP contribution in [0.15, 0.2) is 60.9 Å². The van der Waals surface area contributed by atoms with Crippen molar-refractivity contribution in [2.24, 2.45) is 0 Å². The zero-order valence-electron chi connectivity index (χ0n) is 21.9. The summed E-state index contributed by atoms with van der Waals surface area (Å²) in [6, 6.07) is 4.57. The first-order chi connectivity index (χ1) is 17.7. The van der Waals surface area contributed by atoms with Crippen LogP contribution in [0.2, 0.25) is 0 Å². The lowest BCUT2D eigenvalue weighted by Crippen LogP contribution is -2.44. The molecule has 0 saturated carbocycles. The van der Waals surface area contributed by atoms with Crippen LogP contribution in [0.5, 0.6) is 5.75 Å². The molecule has 3 heterocycles. The van der Waals surface area contributed by atoms with Crippen molar-refractivity contribution in [3.63, 3.8) is 0 Å². The molecule has 0 N–H and O–H groups in total. The second kappa shape index (κ2) is 11.2. The van der Waals surface area contributed by atoms with E-state index in [-0.39, 0.29) is 5.91 Å². The molecule has 1 unspecified atom stereocenters. The molecule has 0 bridgehead atoms. The van der Waals surface area contributed by atoms with Gasteiger partial charge in [-0.3, -0.25) is 14.6 Å². The highest BCUT2D eigenvalue weighted by atomic mass is 16.5. The number of rotatable bonds is 4. The Kier molecular flexibility index (Phi) is 7.81. The minimum absolute atomic E-state index is 0.132. The second-order valence-electron chi connectivity index (χ2n) is 10.9. The van der Waals surface area contributed by atoms with Crippen LogP contribution in [0.1, 0.15) is 80.9 Å². The average molecular weight is 487 g/mol. The number of ether oxygens (including phenoxy) is 1. The van der Waals surface area contributed by atoms with E-state index in [0.717, 1.165) is 48.5 Å². The number of aryl methyl sites for hydroxylation is 2. The molecule has 2 fully saturated rings. The molecule has 36 heavy (non-hydrogen) atoms. The number of hydrogen-bond donors (Lipinski definition) is 0. The van der Waals surface area contributed by atoms with E-state index in [0.29, 0.717) is 13.3 Å². The number of benzene rings is 1. The average Bonchev–Trinajstić information content (AvgIpc) is 3.36. The molecule has 1 atom stereocenters. The molecule has 3 aliphatic heterocycles. The van der Waals surface area contributed by atoms with E-state index in [1.807, 2.05) is 23.1 Å². The molecule has 0 radical (unpaired) electrons. The van der Waals surface area contributed by atoms with Crippen LogP contribution < -0.4 is 4.74 Å². The minimum atomic E-state index is -0.811. The van der Waals surface area contributed by atoms with Crippen LogP contribution in [0.25, 0.3) is 0 Å². The number of carbonyl (C=O) groups excluding carboxylic acids is 1. The third-order valence-corrected chi connectivity index (χ3v) is 8.59. The molecule has 5 rings (SSSR count). The van der Waals surface area contributed by atoms with Crippen molar-refractivity contribution in [2.45, 2.75) is 82.5 Å². The maximum atomic E-state index is 14.5. The fourth-order valence-corrected chi connectivity index (χ4v) is 6.66. The number of nitrogens with zero attached hydrogens (tertiary/aromatic N) is 2. The van der Waals surface area contributed by atoms with Gasteiger partial charge in [0.1, 0.15) is 17.8 Å². The highest BCUT2D eigenvalue weighted by molar-refractivity contribution is 6.01. The first-order valence-electron chi connectivity index (χ1n) is 14.2. The molecule has 192 valence electrons. The van der Waals surface area contributed by atoms with E-state index in [4.69, 9.17) is 4.74 Å². The molecular weight excluding hydrogens is 444 g/mol. The molecule has 2 saturated heterocycles. The minimum Gasteiger partial charge on any atom is -0.491 e. The molecule has 1 aromatic rings. The summed E-state index contributed by atoms with van der Waals surface area (Å²) in [6.07, 6.45) is 22.5. The smallest absolute Gasteiger partial charge is 0.246 e. The Balaban J connectivity index is 1.56. The SMILES string of the molecule is C=CC=C1/C(=C\C=C)N(CN2CCCCCCC2)C(=O)C12COc1cc3c(cc12)CCCCCCC3. The van der Waals surface area contributed by atoms with Gasteiger partial charge < -0.3 is 4.74 Å². The first-order valence-corrected chi connectivity index (χ1v) is 14.2. The number of allylic oxidation sites excluding steroid dienone is 5. The maximum Gasteiger partial charge on any atom is 0.246 e. The van der Waals surface area contributed by atoms with Crippen LogP contribution >= 0.6 is 0 Å². The molecule has 0 aromatic heterocycles. The third kappa shape index (κ3) is 4.61. The fourth-order valence-electron chi connectivity index (χ4n) is 6.66. The molecule has 4 heteroatoms. The van der Waals surface area contributed by atoms with Crippen LogP contribution in [0.3, 0.4) is 0 Å². The van der Waals surface area contributed by atoms with E-state index in [2.05, 4.69) is 30.2 Å². The summed E-state index contributed by atoms with van der Waals surface area (Å²) in [5, 5.41) is 0. The molecule has 1 amide bonds. The van der Waals surface area contributed by atoms with E-state index >= 15 is 0 Å². The van der Waals surface area contributed by atoms with Gasteiger partial charge in [0.05, 0.1) is 6.67 Å². The lowest BCUT2D eigenvalue weighted by atomic mass is 9.75. The highest BCUT2D eigenvalue weighted by Crippen LogP contribution is 2.53. The van der Waals surface area contributed by atoms with Gasteiger partial charge in [0.15, 0.2) is 0 Å². The standard InChI is InChI=1S/C32H42N2O2/c1-3-15-27-29(16-4-2)34(24-33-19-13-9-6-10-14-20-33)31(35)32(27)23-36-30-22-26-18-12-8-5-7-11-17-25(26)21-28(30)32/h3-4,15-16,21-22H,1-2,5-14,17-20,23-24H2/b27-15?,29-16+. The van der Waals surface area contributed by atoms with Crippen LogP contribution in [-0.2, 0) is 23.1 Å². The van der Waals surface area contributed by atoms with Gasteiger partial charge in [0, 0.05) is 11.3 Å². The number of fused-ring (bicyclic) bond motifs is 3. The van der Waals surface area contributed by atoms with Gasteiger partial charge in [0.2, 0.25) is 5.91 Å². The number of likely N-dealkylation sites (tertiary alicyclic amines) is 2. The third-order valence-electron chi connectivity index (χ3n) is 8.59. The zero-order chi connectivity index (χ0) is 25.0. The Morgan fingerprint density at radius 2 is 1.44 bits per heavy atom. The summed E-state index contributed by atoms with van der Waals surface area (Å²) >= 11 is 0. The largest absolute Gasteiger partial charge is 0.491 e. The monoisotopic (exact) mass is 486 g/mol. The predicted molar refractivity (Wildman–Crippen MR) is 147 cm³/mol. The van der Waals surface area contributed by atoms with E-state index in [9.17, 15) is 4.79 Å². The van der Waals surface area contributed by atoms with E-state index < -0.39 is 5.41 Å². The number of hydrogen-bond acceptors (Lipinski definition) is 3. The van der Waals surface area contributed by atoms with Crippen LogP contribution in [0.4, 0.5) is 0 Å². The summed E-state index contributed by atoms with van der Waals surface area (Å²) in [4.78, 5) is 19.0. The van der Waals surface area contributed by atoms with Gasteiger partial charge in [-0.2, -0.15) is 0 Å². The molecule has 1 spiro atoms. The number of carbonyl (C=O) groups is 1. The van der Waals surface area contributed by atoms with Crippen molar-refractivity contribution in [2.75, 3.05) is 26.4 Å². The van der Waals surface area contributed by atoms with Crippen molar-refractivity contribution < 1.29 is 9.53 Å². The summed E-state index contributed by atoms with van der Waals surface area (Å²) in [6.45, 7) is 11.1. The lowest BCUT2D eigenvalue weighted by molar-refractivity contribution is -0.133. The van der Waals surface area contributed by atoms with Gasteiger partial charge in [0.25, 0.3) is 0 Å². The summed E-state index contributed by atoms with van der Waals surface area (Å²) in [5.41, 5.74) is 4.99. The first kappa shape index (κ1) is 25.1. The van der Waals surface area contributed by atoms with Crippen molar-refractivity contribution in [1.29, 1.82) is 0 Å². The lowest BCUT2D eigenvalue weighted by Gasteiger charge is -2.30. The molecule has 4 nitrogen and oxygen atoms in total. The van der Waals surface area contributed by atoms with Gasteiger partial charge in [-0.25, -0.2) is 0 Å². The summed E-state index contributed by atoms with van der Waals surface area (Å²) in [7, 11) is 0. The normalized spacial score (nSPS) is 27.6. The van der Waals surface area contributed by atoms with Gasteiger partial charge in [-0.05, 0) is 80.5 Å². The highest BCUT2D eigenvalue weighted by Gasteiger charge is 2.59. The molecule has 1 aliphatic carbocycles. The molecular formula is C32H42N2O2. The summed E-state index contributed by atoms with van der Waals surface area (Å²) < 4.78 is 6.36. The topological polar surface area (TPSA) is 32.8 Å². The van der Waals surface area contributed by atoms with Gasteiger partial charge in [-0.15, -0.1) is 0 Å². The second-order valence-corrected chi connectivity index (χ2v) is 10.9. The van der Waals surface area contributed by atoms with Crippen molar-refractivity contribution in [3.05, 3.63) is 77.6 Å². The predicted octanol–water partition coefficient (Wildman–Crippen LogP) is 6.61. The summed E-state index contributed by atoms with van der Waals surface area (Å²) in [5.74, 6) is 1.02. The number of amides is 1. The van der Waals surface area contributed by atoms with Crippen molar-refractivity contribution in [1.82, 2.24) is 9.80 Å². The van der Waals surface area contributed by atoms with Gasteiger partial charge >= 0.3 is 0 Å². The molecule has 4 aliphatic rings. The Labute approximate surface area is 217 Å². The fraction of sp³-hybridized carbons (Fsp3) is 0.531. The quantitative estimate of drug-likeness (QED) is 0.480. The van der Waals surface area contributed by atoms with Crippen LogP contribution in [-0.4, -0.2) is 42.1 Å². The van der Waals surface area contributed by atoms with Crippen LogP contribution in [0, 0.1) is 0 Å². The van der Waals surface area contributed by atoms with Gasteiger partial charge in [-0.1, -0.05) is 76.0 Å². The Bertz CT molecular complexity index is 1060. The van der Waals surface area contributed by atoms with Crippen molar-refractivity contribution >= 4 is 5.91 Å².